The molecule has 1 aromatic carbocycles. The van der Waals surface area contributed by atoms with E-state index in [1.54, 1.807) is 29.5 Å². The summed E-state index contributed by atoms with van der Waals surface area (Å²) in [6, 6.07) is 21.1. The highest BCUT2D eigenvalue weighted by molar-refractivity contribution is 7.13. The van der Waals surface area contributed by atoms with Gasteiger partial charge < -0.3 is 9.42 Å². The van der Waals surface area contributed by atoms with Crippen molar-refractivity contribution in [1.82, 2.24) is 20.0 Å². The lowest BCUT2D eigenvalue weighted by Crippen LogP contribution is -2.32. The van der Waals surface area contributed by atoms with Crippen molar-refractivity contribution < 1.29 is 9.32 Å². The summed E-state index contributed by atoms with van der Waals surface area (Å²) >= 11 is 1.56. The third kappa shape index (κ3) is 3.56. The number of amides is 1. The van der Waals surface area contributed by atoms with E-state index >= 15 is 0 Å². The number of thiophene rings is 1. The Morgan fingerprint density at radius 1 is 1.06 bits per heavy atom. The number of aromatic nitrogens is 3. The third-order valence-corrected chi connectivity index (χ3v) is 6.30. The van der Waals surface area contributed by atoms with Crippen molar-refractivity contribution in [2.24, 2.45) is 0 Å². The molecule has 4 aromatic heterocycles. The minimum Gasteiger partial charge on any atom is -0.335 e. The average Bonchev–Trinajstić information content (AvgIpc) is 3.50. The van der Waals surface area contributed by atoms with Crippen molar-refractivity contribution in [2.45, 2.75) is 13.0 Å². The molecule has 0 aliphatic carbocycles. The van der Waals surface area contributed by atoms with Crippen LogP contribution in [0.2, 0.25) is 0 Å². The maximum atomic E-state index is 13.9. The smallest absolute Gasteiger partial charge is 0.259 e. The minimum atomic E-state index is -0.349. The molecule has 0 aliphatic heterocycles. The zero-order chi connectivity index (χ0) is 22.1. The molecule has 0 bridgehead atoms. The van der Waals surface area contributed by atoms with Crippen molar-refractivity contribution in [2.75, 3.05) is 7.05 Å². The number of aryl methyl sites for hydroxylation is 1. The molecule has 0 radical (unpaired) electrons. The Labute approximate surface area is 189 Å². The molecule has 0 N–H and O–H groups in total. The van der Waals surface area contributed by atoms with Gasteiger partial charge in [-0.05, 0) is 42.1 Å². The highest BCUT2D eigenvalue weighted by Gasteiger charge is 2.28. The standard InChI is InChI=1S/C25H20N4O2S/c1-16-22-18(15-20(21-12-8-14-32-21)27-24(22)31-28-16)25(30)29(2)23(17-9-4-3-5-10-17)19-11-6-7-13-26-19/h3-15,23H,1-2H3/t23-/m0/s1. The van der Waals surface area contributed by atoms with Gasteiger partial charge in [-0.2, -0.15) is 0 Å². The normalized spacial score (nSPS) is 12.1. The summed E-state index contributed by atoms with van der Waals surface area (Å²) in [6.45, 7) is 1.82. The van der Waals surface area contributed by atoms with Crippen molar-refractivity contribution in [3.63, 3.8) is 0 Å². The number of benzene rings is 1. The lowest BCUT2D eigenvalue weighted by molar-refractivity contribution is 0.0754. The van der Waals surface area contributed by atoms with Crippen LogP contribution in [0.15, 0.2) is 82.8 Å². The van der Waals surface area contributed by atoms with E-state index in [0.717, 1.165) is 16.1 Å². The Balaban J connectivity index is 1.64. The van der Waals surface area contributed by atoms with Crippen LogP contribution in [0, 0.1) is 6.92 Å². The number of hydrogen-bond donors (Lipinski definition) is 0. The molecule has 0 saturated heterocycles. The maximum Gasteiger partial charge on any atom is 0.259 e. The third-order valence-electron chi connectivity index (χ3n) is 5.41. The monoisotopic (exact) mass is 440 g/mol. The Morgan fingerprint density at radius 2 is 1.88 bits per heavy atom. The van der Waals surface area contributed by atoms with Crippen LogP contribution in [0.1, 0.15) is 33.4 Å². The first kappa shape index (κ1) is 20.1. The summed E-state index contributed by atoms with van der Waals surface area (Å²) in [5, 5.41) is 6.68. The summed E-state index contributed by atoms with van der Waals surface area (Å²) in [5.41, 5.74) is 3.97. The van der Waals surface area contributed by atoms with Crippen LogP contribution in [-0.2, 0) is 0 Å². The summed E-state index contributed by atoms with van der Waals surface area (Å²) in [4.78, 5) is 25.7. The van der Waals surface area contributed by atoms with Crippen molar-refractivity contribution in [1.29, 1.82) is 0 Å². The van der Waals surface area contributed by atoms with E-state index in [1.165, 1.54) is 0 Å². The van der Waals surface area contributed by atoms with Crippen LogP contribution < -0.4 is 0 Å². The molecule has 0 saturated carbocycles. The first-order valence-corrected chi connectivity index (χ1v) is 11.1. The summed E-state index contributed by atoms with van der Waals surface area (Å²) in [7, 11) is 1.80. The van der Waals surface area contributed by atoms with Gasteiger partial charge in [-0.1, -0.05) is 47.6 Å². The molecular weight excluding hydrogens is 420 g/mol. The van der Waals surface area contributed by atoms with E-state index in [0.29, 0.717) is 28.1 Å². The number of carbonyl (C=O) groups excluding carboxylic acids is 1. The van der Waals surface area contributed by atoms with Crippen molar-refractivity contribution in [3.05, 3.63) is 101 Å². The molecular formula is C25H20N4O2S. The lowest BCUT2D eigenvalue weighted by Gasteiger charge is -2.28. The van der Waals surface area contributed by atoms with E-state index in [2.05, 4.69) is 15.1 Å². The van der Waals surface area contributed by atoms with Gasteiger partial charge in [0.25, 0.3) is 11.6 Å². The number of rotatable bonds is 5. The van der Waals surface area contributed by atoms with Crippen LogP contribution in [0.3, 0.4) is 0 Å². The first-order chi connectivity index (χ1) is 15.6. The molecule has 5 rings (SSSR count). The molecule has 1 atom stereocenters. The van der Waals surface area contributed by atoms with Gasteiger partial charge in [0.1, 0.15) is 0 Å². The average molecular weight is 441 g/mol. The zero-order valence-corrected chi connectivity index (χ0v) is 18.4. The van der Waals surface area contributed by atoms with Gasteiger partial charge in [0, 0.05) is 13.2 Å². The number of pyridine rings is 2. The molecule has 0 unspecified atom stereocenters. The van der Waals surface area contributed by atoms with Crippen LogP contribution >= 0.6 is 11.3 Å². The van der Waals surface area contributed by atoms with E-state index in [9.17, 15) is 4.79 Å². The topological polar surface area (TPSA) is 72.1 Å². The Kier molecular flexibility index (Phi) is 5.25. The predicted molar refractivity (Wildman–Crippen MR) is 124 cm³/mol. The van der Waals surface area contributed by atoms with Gasteiger partial charge in [-0.15, -0.1) is 11.3 Å². The number of hydrogen-bond acceptors (Lipinski definition) is 6. The van der Waals surface area contributed by atoms with Gasteiger partial charge in [0.2, 0.25) is 0 Å². The van der Waals surface area contributed by atoms with Gasteiger partial charge in [0.15, 0.2) is 0 Å². The number of fused-ring (bicyclic) bond motifs is 1. The maximum absolute atomic E-state index is 13.9. The highest BCUT2D eigenvalue weighted by atomic mass is 32.1. The van der Waals surface area contributed by atoms with E-state index in [4.69, 9.17) is 4.52 Å². The fourth-order valence-electron chi connectivity index (χ4n) is 3.89. The molecule has 1 amide bonds. The summed E-state index contributed by atoms with van der Waals surface area (Å²) < 4.78 is 5.45. The van der Waals surface area contributed by atoms with Crippen LogP contribution in [0.25, 0.3) is 21.7 Å². The first-order valence-electron chi connectivity index (χ1n) is 10.2. The second-order valence-corrected chi connectivity index (χ2v) is 8.41. The molecule has 7 heteroatoms. The second-order valence-electron chi connectivity index (χ2n) is 7.46. The second kappa shape index (κ2) is 8.36. The largest absolute Gasteiger partial charge is 0.335 e. The summed E-state index contributed by atoms with van der Waals surface area (Å²) in [6.07, 6.45) is 1.74. The van der Waals surface area contributed by atoms with Crippen LogP contribution in [-0.4, -0.2) is 33.0 Å². The molecule has 158 valence electrons. The molecule has 0 fully saturated rings. The van der Waals surface area contributed by atoms with Crippen molar-refractivity contribution >= 4 is 28.3 Å². The van der Waals surface area contributed by atoms with Crippen molar-refractivity contribution in [3.8, 4) is 10.6 Å². The molecule has 6 nitrogen and oxygen atoms in total. The fourth-order valence-corrected chi connectivity index (χ4v) is 4.57. The van der Waals surface area contributed by atoms with E-state index in [1.807, 2.05) is 79.0 Å². The lowest BCUT2D eigenvalue weighted by atomic mass is 10.00. The van der Waals surface area contributed by atoms with Gasteiger partial charge in [-0.3, -0.25) is 9.78 Å². The predicted octanol–water partition coefficient (Wildman–Crippen LogP) is 5.52. The van der Waals surface area contributed by atoms with Crippen LogP contribution in [0.4, 0.5) is 0 Å². The van der Waals surface area contributed by atoms with Gasteiger partial charge in [-0.25, -0.2) is 4.98 Å². The van der Waals surface area contributed by atoms with Gasteiger partial charge >= 0.3 is 0 Å². The van der Waals surface area contributed by atoms with E-state index < -0.39 is 0 Å². The van der Waals surface area contributed by atoms with Gasteiger partial charge in [0.05, 0.1) is 39.0 Å². The SMILES string of the molecule is Cc1noc2nc(-c3cccs3)cc(C(=O)N(C)[C@@H](c3ccccc3)c3ccccn3)c12. The molecule has 5 aromatic rings. The quantitative estimate of drug-likeness (QED) is 0.360. The molecule has 4 heterocycles. The van der Waals surface area contributed by atoms with E-state index in [-0.39, 0.29) is 11.9 Å². The molecule has 32 heavy (non-hydrogen) atoms. The summed E-state index contributed by atoms with van der Waals surface area (Å²) in [5.74, 6) is -0.152. The Bertz CT molecular complexity index is 1330. The number of nitrogens with zero attached hydrogens (tertiary/aromatic N) is 4. The Hall–Kier alpha value is -3.84. The van der Waals surface area contributed by atoms with Crippen LogP contribution in [0.5, 0.6) is 0 Å². The number of carbonyl (C=O) groups is 1. The Morgan fingerprint density at radius 3 is 2.59 bits per heavy atom. The molecule has 0 spiro atoms. The zero-order valence-electron chi connectivity index (χ0n) is 17.6. The highest BCUT2D eigenvalue weighted by Crippen LogP contribution is 2.33. The fraction of sp³-hybridized carbons (Fsp3) is 0.120. The molecule has 0 aliphatic rings. The minimum absolute atomic E-state index is 0.152.